The van der Waals surface area contributed by atoms with Crippen LogP contribution in [-0.2, 0) is 16.9 Å². The molecule has 0 atom stereocenters. The molecule has 0 amide bonds. The van der Waals surface area contributed by atoms with Crippen molar-refractivity contribution in [3.8, 4) is 11.5 Å². The van der Waals surface area contributed by atoms with E-state index in [1.165, 1.54) is 0 Å². The van der Waals surface area contributed by atoms with Gasteiger partial charge in [0.25, 0.3) is 0 Å². The molecular weight excluding hydrogens is 300 g/mol. The summed E-state index contributed by atoms with van der Waals surface area (Å²) in [5, 5.41) is 0. The van der Waals surface area contributed by atoms with Crippen molar-refractivity contribution in [3.05, 3.63) is 95.1 Å². The number of fused-ring (bicyclic) bond motifs is 3. The first-order valence-electron chi connectivity index (χ1n) is 8.06. The van der Waals surface area contributed by atoms with Gasteiger partial charge in [0.2, 0.25) is 6.79 Å². The summed E-state index contributed by atoms with van der Waals surface area (Å²) in [6.45, 7) is 0.807. The van der Waals surface area contributed by atoms with Crippen LogP contribution in [0, 0.1) is 0 Å². The van der Waals surface area contributed by atoms with Crippen molar-refractivity contribution in [1.29, 1.82) is 0 Å². The molecule has 0 aromatic heterocycles. The molecule has 3 aromatic carbocycles. The van der Waals surface area contributed by atoms with Crippen LogP contribution in [0.4, 0.5) is 0 Å². The number of hydrogen-bond donors (Lipinski definition) is 0. The Labute approximate surface area is 140 Å². The number of rotatable bonds is 2. The van der Waals surface area contributed by atoms with Crippen molar-refractivity contribution in [1.82, 2.24) is 0 Å². The predicted octanol–water partition coefficient (Wildman–Crippen LogP) is 4.24. The molecule has 118 valence electrons. The van der Waals surface area contributed by atoms with Crippen LogP contribution >= 0.6 is 0 Å². The summed E-state index contributed by atoms with van der Waals surface area (Å²) in [5.41, 5.74) is 3.73. The van der Waals surface area contributed by atoms with Crippen molar-refractivity contribution in [3.63, 3.8) is 0 Å². The zero-order valence-corrected chi connectivity index (χ0v) is 13.1. The molecule has 0 saturated carbocycles. The summed E-state index contributed by atoms with van der Waals surface area (Å²) >= 11 is 0. The van der Waals surface area contributed by atoms with Gasteiger partial charge in [0, 0.05) is 5.56 Å². The highest BCUT2D eigenvalue weighted by atomic mass is 16.7. The summed E-state index contributed by atoms with van der Waals surface area (Å²) < 4.78 is 17.9. The Morgan fingerprint density at radius 3 is 2.04 bits per heavy atom. The molecule has 3 aromatic rings. The SMILES string of the molecule is c1ccc(C2(c3ccccc3)OCc3ccc4c(c32)OCO4)cc1. The minimum absolute atomic E-state index is 0.255. The lowest BCUT2D eigenvalue weighted by molar-refractivity contribution is 0.0253. The highest BCUT2D eigenvalue weighted by Gasteiger charge is 2.47. The standard InChI is InChI=1S/C21H16O3/c1-3-7-16(8-4-1)21(17-9-5-2-6-10-17)19-15(13-24-21)11-12-18-20(19)23-14-22-18/h1-12H,13-14H2. The molecule has 0 saturated heterocycles. The van der Waals surface area contributed by atoms with Crippen LogP contribution in [0.25, 0.3) is 0 Å². The third-order valence-corrected chi connectivity index (χ3v) is 4.78. The first-order chi connectivity index (χ1) is 11.9. The van der Waals surface area contributed by atoms with Crippen molar-refractivity contribution >= 4 is 0 Å². The molecule has 2 aliphatic rings. The van der Waals surface area contributed by atoms with Gasteiger partial charge in [-0.1, -0.05) is 66.7 Å². The highest BCUT2D eigenvalue weighted by Crippen LogP contribution is 2.54. The lowest BCUT2D eigenvalue weighted by atomic mass is 9.79. The zero-order chi connectivity index (χ0) is 16.0. The summed E-state index contributed by atoms with van der Waals surface area (Å²) in [7, 11) is 0. The average molecular weight is 316 g/mol. The number of ether oxygens (including phenoxy) is 3. The van der Waals surface area contributed by atoms with Gasteiger partial charge in [0.15, 0.2) is 11.5 Å². The third-order valence-electron chi connectivity index (χ3n) is 4.78. The molecule has 2 aliphatic heterocycles. The van der Waals surface area contributed by atoms with E-state index in [1.807, 2.05) is 42.5 Å². The van der Waals surface area contributed by atoms with Crippen molar-refractivity contribution in [2.45, 2.75) is 12.2 Å². The molecule has 0 radical (unpaired) electrons. The van der Waals surface area contributed by atoms with E-state index in [9.17, 15) is 0 Å². The van der Waals surface area contributed by atoms with E-state index in [-0.39, 0.29) is 6.79 Å². The van der Waals surface area contributed by atoms with E-state index >= 15 is 0 Å². The molecule has 3 nitrogen and oxygen atoms in total. The topological polar surface area (TPSA) is 27.7 Å². The van der Waals surface area contributed by atoms with E-state index in [0.717, 1.165) is 33.8 Å². The second kappa shape index (κ2) is 5.11. The Morgan fingerprint density at radius 2 is 1.38 bits per heavy atom. The van der Waals surface area contributed by atoms with Crippen LogP contribution in [0.3, 0.4) is 0 Å². The van der Waals surface area contributed by atoms with E-state index in [4.69, 9.17) is 14.2 Å². The minimum Gasteiger partial charge on any atom is -0.454 e. The molecule has 0 bridgehead atoms. The summed E-state index contributed by atoms with van der Waals surface area (Å²) in [5.74, 6) is 1.59. The molecular formula is C21H16O3. The smallest absolute Gasteiger partial charge is 0.231 e. The molecule has 5 rings (SSSR count). The van der Waals surface area contributed by atoms with Crippen LogP contribution in [0.5, 0.6) is 11.5 Å². The number of benzene rings is 3. The van der Waals surface area contributed by atoms with Gasteiger partial charge in [-0.25, -0.2) is 0 Å². The Kier molecular flexibility index (Phi) is 2.91. The fourth-order valence-electron chi connectivity index (χ4n) is 3.75. The van der Waals surface area contributed by atoms with Gasteiger partial charge in [0.1, 0.15) is 5.60 Å². The molecule has 0 fully saturated rings. The maximum absolute atomic E-state index is 6.47. The first kappa shape index (κ1) is 13.6. The predicted molar refractivity (Wildman–Crippen MR) is 90.1 cm³/mol. The third kappa shape index (κ3) is 1.76. The average Bonchev–Trinajstić information content (AvgIpc) is 3.28. The van der Waals surface area contributed by atoms with E-state index in [2.05, 4.69) is 30.3 Å². The summed E-state index contributed by atoms with van der Waals surface area (Å²) in [6, 6.07) is 24.7. The Balaban J connectivity index is 1.85. The van der Waals surface area contributed by atoms with Crippen molar-refractivity contribution in [2.24, 2.45) is 0 Å². The van der Waals surface area contributed by atoms with Crippen LogP contribution in [0.1, 0.15) is 22.3 Å². The van der Waals surface area contributed by atoms with E-state index < -0.39 is 5.60 Å². The van der Waals surface area contributed by atoms with Gasteiger partial charge >= 0.3 is 0 Å². The van der Waals surface area contributed by atoms with Gasteiger partial charge in [-0.15, -0.1) is 0 Å². The second-order valence-corrected chi connectivity index (χ2v) is 6.04. The van der Waals surface area contributed by atoms with Gasteiger partial charge in [-0.2, -0.15) is 0 Å². The van der Waals surface area contributed by atoms with Crippen LogP contribution < -0.4 is 9.47 Å². The monoisotopic (exact) mass is 316 g/mol. The van der Waals surface area contributed by atoms with Crippen molar-refractivity contribution in [2.75, 3.05) is 6.79 Å². The Morgan fingerprint density at radius 1 is 0.708 bits per heavy atom. The van der Waals surface area contributed by atoms with Crippen LogP contribution in [-0.4, -0.2) is 6.79 Å². The van der Waals surface area contributed by atoms with Gasteiger partial charge in [0.05, 0.1) is 6.61 Å². The van der Waals surface area contributed by atoms with Gasteiger partial charge in [-0.05, 0) is 22.8 Å². The quantitative estimate of drug-likeness (QED) is 0.708. The Hall–Kier alpha value is -2.78. The summed E-state index contributed by atoms with van der Waals surface area (Å²) in [4.78, 5) is 0. The second-order valence-electron chi connectivity index (χ2n) is 6.04. The van der Waals surface area contributed by atoms with E-state index in [1.54, 1.807) is 0 Å². The van der Waals surface area contributed by atoms with Gasteiger partial charge < -0.3 is 14.2 Å². The zero-order valence-electron chi connectivity index (χ0n) is 13.1. The van der Waals surface area contributed by atoms with Crippen LogP contribution in [0.2, 0.25) is 0 Å². The molecule has 0 N–H and O–H groups in total. The van der Waals surface area contributed by atoms with Crippen LogP contribution in [0.15, 0.2) is 72.8 Å². The fraction of sp³-hybridized carbons (Fsp3) is 0.143. The van der Waals surface area contributed by atoms with Crippen molar-refractivity contribution < 1.29 is 14.2 Å². The maximum atomic E-state index is 6.47. The molecule has 0 aliphatic carbocycles. The molecule has 2 heterocycles. The number of hydrogen-bond acceptors (Lipinski definition) is 3. The highest BCUT2D eigenvalue weighted by molar-refractivity contribution is 5.63. The van der Waals surface area contributed by atoms with E-state index in [0.29, 0.717) is 6.61 Å². The maximum Gasteiger partial charge on any atom is 0.231 e. The largest absolute Gasteiger partial charge is 0.454 e. The Bertz CT molecular complexity index is 848. The lowest BCUT2D eigenvalue weighted by Crippen LogP contribution is -2.28. The van der Waals surface area contributed by atoms with Gasteiger partial charge in [-0.3, -0.25) is 0 Å². The molecule has 0 unspecified atom stereocenters. The first-order valence-corrected chi connectivity index (χ1v) is 8.06. The normalized spacial score (nSPS) is 16.8. The molecule has 0 spiro atoms. The fourth-order valence-corrected chi connectivity index (χ4v) is 3.75. The minimum atomic E-state index is -0.670. The molecule has 24 heavy (non-hydrogen) atoms. The summed E-state index contributed by atoms with van der Waals surface area (Å²) in [6.07, 6.45) is 0. The molecule has 3 heteroatoms. The lowest BCUT2D eigenvalue weighted by Gasteiger charge is -2.31.